The summed E-state index contributed by atoms with van der Waals surface area (Å²) in [7, 11) is 5.83. The van der Waals surface area contributed by atoms with Gasteiger partial charge < -0.3 is 10.1 Å². The van der Waals surface area contributed by atoms with Crippen LogP contribution in [-0.2, 0) is 6.54 Å². The fourth-order valence-corrected chi connectivity index (χ4v) is 1.71. The van der Waals surface area contributed by atoms with Gasteiger partial charge in [-0.3, -0.25) is 4.90 Å². The third kappa shape index (κ3) is 3.51. The van der Waals surface area contributed by atoms with Crippen LogP contribution >= 0.6 is 0 Å². The average molecular weight is 222 g/mol. The zero-order valence-corrected chi connectivity index (χ0v) is 10.7. The molecule has 1 atom stereocenters. The van der Waals surface area contributed by atoms with Crippen molar-refractivity contribution in [3.05, 3.63) is 29.8 Å². The van der Waals surface area contributed by atoms with Crippen molar-refractivity contribution in [1.29, 1.82) is 0 Å². The minimum atomic E-state index is 0.509. The second kappa shape index (κ2) is 6.51. The van der Waals surface area contributed by atoms with Gasteiger partial charge in [0, 0.05) is 24.7 Å². The van der Waals surface area contributed by atoms with Crippen LogP contribution in [0.5, 0.6) is 5.75 Å². The van der Waals surface area contributed by atoms with Crippen LogP contribution in [0, 0.1) is 0 Å². The van der Waals surface area contributed by atoms with E-state index in [4.69, 9.17) is 4.74 Å². The monoisotopic (exact) mass is 222 g/mol. The molecule has 0 aliphatic rings. The van der Waals surface area contributed by atoms with E-state index in [2.05, 4.69) is 36.3 Å². The van der Waals surface area contributed by atoms with Crippen molar-refractivity contribution in [2.45, 2.75) is 19.5 Å². The van der Waals surface area contributed by atoms with E-state index in [9.17, 15) is 0 Å². The summed E-state index contributed by atoms with van der Waals surface area (Å²) in [6.45, 7) is 4.12. The number of rotatable bonds is 6. The largest absolute Gasteiger partial charge is 0.496 e. The van der Waals surface area contributed by atoms with Gasteiger partial charge in [0.2, 0.25) is 0 Å². The minimum absolute atomic E-state index is 0.509. The quantitative estimate of drug-likeness (QED) is 0.793. The zero-order chi connectivity index (χ0) is 12.0. The first-order valence-corrected chi connectivity index (χ1v) is 5.65. The maximum Gasteiger partial charge on any atom is 0.123 e. The first kappa shape index (κ1) is 13.0. The van der Waals surface area contributed by atoms with Crippen LogP contribution in [0.1, 0.15) is 12.5 Å². The maximum atomic E-state index is 5.34. The van der Waals surface area contributed by atoms with Gasteiger partial charge in [-0.05, 0) is 27.1 Å². The van der Waals surface area contributed by atoms with Gasteiger partial charge in [-0.25, -0.2) is 0 Å². The van der Waals surface area contributed by atoms with E-state index in [1.807, 2.05) is 19.2 Å². The fourth-order valence-electron chi connectivity index (χ4n) is 1.71. The first-order chi connectivity index (χ1) is 7.69. The third-order valence-electron chi connectivity index (χ3n) is 2.86. The predicted molar refractivity (Wildman–Crippen MR) is 67.8 cm³/mol. The normalized spacial score (nSPS) is 12.8. The Balaban J connectivity index is 2.64. The molecule has 0 radical (unpaired) electrons. The van der Waals surface area contributed by atoms with Crippen molar-refractivity contribution in [2.75, 3.05) is 27.7 Å². The SMILES string of the molecule is CNCC(C)N(C)Cc1ccccc1OC. The van der Waals surface area contributed by atoms with Crippen molar-refractivity contribution in [1.82, 2.24) is 10.2 Å². The molecule has 0 saturated carbocycles. The summed E-state index contributed by atoms with van der Waals surface area (Å²) in [6, 6.07) is 8.68. The topological polar surface area (TPSA) is 24.5 Å². The number of methoxy groups -OCH3 is 1. The van der Waals surface area contributed by atoms with E-state index in [1.54, 1.807) is 7.11 Å². The minimum Gasteiger partial charge on any atom is -0.496 e. The molecule has 0 bridgehead atoms. The highest BCUT2D eigenvalue weighted by atomic mass is 16.5. The van der Waals surface area contributed by atoms with E-state index in [0.717, 1.165) is 18.8 Å². The summed E-state index contributed by atoms with van der Waals surface area (Å²) in [6.07, 6.45) is 0. The summed E-state index contributed by atoms with van der Waals surface area (Å²) >= 11 is 0. The molecule has 0 spiro atoms. The Morgan fingerprint density at radius 2 is 2.06 bits per heavy atom. The molecule has 0 saturated heterocycles. The van der Waals surface area contributed by atoms with Gasteiger partial charge in [0.25, 0.3) is 0 Å². The lowest BCUT2D eigenvalue weighted by Crippen LogP contribution is -2.36. The molecule has 0 aliphatic carbocycles. The highest BCUT2D eigenvalue weighted by Gasteiger charge is 2.10. The molecular formula is C13H22N2O. The standard InChI is InChI=1S/C13H22N2O/c1-11(9-14-2)15(3)10-12-7-5-6-8-13(12)16-4/h5-8,11,14H,9-10H2,1-4H3. The molecular weight excluding hydrogens is 200 g/mol. The Labute approximate surface area is 98.4 Å². The molecule has 3 nitrogen and oxygen atoms in total. The summed E-state index contributed by atoms with van der Waals surface area (Å²) in [4.78, 5) is 2.31. The molecule has 1 N–H and O–H groups in total. The molecule has 1 unspecified atom stereocenters. The van der Waals surface area contributed by atoms with Crippen molar-refractivity contribution >= 4 is 0 Å². The Morgan fingerprint density at radius 3 is 2.69 bits per heavy atom. The van der Waals surface area contributed by atoms with E-state index in [-0.39, 0.29) is 0 Å². The molecule has 16 heavy (non-hydrogen) atoms. The number of para-hydroxylation sites is 1. The van der Waals surface area contributed by atoms with Crippen LogP contribution in [0.3, 0.4) is 0 Å². The van der Waals surface area contributed by atoms with E-state index < -0.39 is 0 Å². The molecule has 0 heterocycles. The molecule has 90 valence electrons. The molecule has 0 aromatic heterocycles. The molecule has 1 rings (SSSR count). The molecule has 0 aliphatic heterocycles. The van der Waals surface area contributed by atoms with Crippen molar-refractivity contribution in [3.8, 4) is 5.75 Å². The lowest BCUT2D eigenvalue weighted by molar-refractivity contribution is 0.242. The third-order valence-corrected chi connectivity index (χ3v) is 2.86. The molecule has 1 aromatic rings. The van der Waals surface area contributed by atoms with Crippen LogP contribution in [0.25, 0.3) is 0 Å². The highest BCUT2D eigenvalue weighted by molar-refractivity contribution is 5.33. The first-order valence-electron chi connectivity index (χ1n) is 5.65. The molecule has 3 heteroatoms. The maximum absolute atomic E-state index is 5.34. The number of hydrogen-bond donors (Lipinski definition) is 1. The van der Waals surface area contributed by atoms with E-state index >= 15 is 0 Å². The van der Waals surface area contributed by atoms with Crippen LogP contribution in [-0.4, -0.2) is 38.7 Å². The van der Waals surface area contributed by atoms with Gasteiger partial charge in [0.15, 0.2) is 0 Å². The molecule has 0 amide bonds. The number of hydrogen-bond acceptors (Lipinski definition) is 3. The number of nitrogens with one attached hydrogen (secondary N) is 1. The molecule has 0 fully saturated rings. The summed E-state index contributed by atoms with van der Waals surface area (Å²) in [5.41, 5.74) is 1.23. The summed E-state index contributed by atoms with van der Waals surface area (Å²) in [5, 5.41) is 3.19. The van der Waals surface area contributed by atoms with Crippen LogP contribution in [0.15, 0.2) is 24.3 Å². The Bertz CT molecular complexity index is 315. The summed E-state index contributed by atoms with van der Waals surface area (Å²) in [5.74, 6) is 0.964. The zero-order valence-electron chi connectivity index (χ0n) is 10.7. The van der Waals surface area contributed by atoms with Crippen LogP contribution < -0.4 is 10.1 Å². The lowest BCUT2D eigenvalue weighted by atomic mass is 10.1. The average Bonchev–Trinajstić information content (AvgIpc) is 2.30. The van der Waals surface area contributed by atoms with E-state index in [1.165, 1.54) is 5.56 Å². The second-order valence-electron chi connectivity index (χ2n) is 4.13. The van der Waals surface area contributed by atoms with E-state index in [0.29, 0.717) is 6.04 Å². The Kier molecular flexibility index (Phi) is 5.29. The van der Waals surface area contributed by atoms with Crippen LogP contribution in [0.2, 0.25) is 0 Å². The number of likely N-dealkylation sites (N-methyl/N-ethyl adjacent to an activating group) is 2. The van der Waals surface area contributed by atoms with Gasteiger partial charge in [0.05, 0.1) is 7.11 Å². The van der Waals surface area contributed by atoms with Gasteiger partial charge >= 0.3 is 0 Å². The van der Waals surface area contributed by atoms with Gasteiger partial charge in [-0.15, -0.1) is 0 Å². The second-order valence-corrected chi connectivity index (χ2v) is 4.13. The predicted octanol–water partition coefficient (Wildman–Crippen LogP) is 1.73. The number of benzene rings is 1. The molecule has 1 aromatic carbocycles. The van der Waals surface area contributed by atoms with Gasteiger partial charge in [-0.2, -0.15) is 0 Å². The summed E-state index contributed by atoms with van der Waals surface area (Å²) < 4.78 is 5.34. The Morgan fingerprint density at radius 1 is 1.38 bits per heavy atom. The number of nitrogens with zero attached hydrogens (tertiary/aromatic N) is 1. The fraction of sp³-hybridized carbons (Fsp3) is 0.538. The van der Waals surface area contributed by atoms with Crippen molar-refractivity contribution in [2.24, 2.45) is 0 Å². The Hall–Kier alpha value is -1.06. The number of ether oxygens (including phenoxy) is 1. The lowest BCUT2D eigenvalue weighted by Gasteiger charge is -2.25. The van der Waals surface area contributed by atoms with Gasteiger partial charge in [0.1, 0.15) is 5.75 Å². The highest BCUT2D eigenvalue weighted by Crippen LogP contribution is 2.19. The van der Waals surface area contributed by atoms with Gasteiger partial charge in [-0.1, -0.05) is 18.2 Å². The van der Waals surface area contributed by atoms with Crippen LogP contribution in [0.4, 0.5) is 0 Å². The smallest absolute Gasteiger partial charge is 0.123 e. The van der Waals surface area contributed by atoms with Crippen molar-refractivity contribution < 1.29 is 4.74 Å². The van der Waals surface area contributed by atoms with Crippen molar-refractivity contribution in [3.63, 3.8) is 0 Å².